The van der Waals surface area contributed by atoms with Gasteiger partial charge >= 0.3 is 21.1 Å². The number of benzene rings is 2. The first-order valence-corrected chi connectivity index (χ1v) is 9.45. The Labute approximate surface area is 197 Å². The van der Waals surface area contributed by atoms with Crippen LogP contribution in [0.2, 0.25) is 0 Å². The van der Waals surface area contributed by atoms with Crippen LogP contribution in [-0.2, 0) is 26.5 Å². The fraction of sp³-hybridized carbons (Fsp3) is 0.120. The van der Waals surface area contributed by atoms with E-state index in [9.17, 15) is 17.6 Å². The fourth-order valence-electron chi connectivity index (χ4n) is 3.26. The molecular formula is C25H16F4N2Pt. The molecule has 0 unspecified atom stereocenters. The fourth-order valence-corrected chi connectivity index (χ4v) is 3.26. The van der Waals surface area contributed by atoms with Gasteiger partial charge in [-0.2, -0.15) is 0 Å². The van der Waals surface area contributed by atoms with E-state index in [0.29, 0.717) is 22.8 Å². The summed E-state index contributed by atoms with van der Waals surface area (Å²) >= 11 is 0. The molecule has 0 fully saturated rings. The van der Waals surface area contributed by atoms with Crippen LogP contribution in [0.1, 0.15) is 25.2 Å². The maximum Gasteiger partial charge on any atom is 2.00 e. The minimum Gasteiger partial charge on any atom is -0.300 e. The van der Waals surface area contributed by atoms with Crippen LogP contribution in [0.25, 0.3) is 22.5 Å². The maximum atomic E-state index is 14.2. The summed E-state index contributed by atoms with van der Waals surface area (Å²) in [5.41, 5.74) is 1.14. The minimum absolute atomic E-state index is 0. The molecule has 0 spiro atoms. The average Bonchev–Trinajstić information content (AvgIpc) is 2.74. The van der Waals surface area contributed by atoms with E-state index in [2.05, 4.69) is 22.1 Å². The molecule has 0 atom stereocenters. The molecule has 2 aromatic heterocycles. The molecule has 4 rings (SSSR count). The van der Waals surface area contributed by atoms with Gasteiger partial charge in [0.1, 0.15) is 0 Å². The summed E-state index contributed by atoms with van der Waals surface area (Å²) < 4.78 is 54.9. The second-order valence-electron chi connectivity index (χ2n) is 7.52. The Balaban J connectivity index is 0.00000289. The van der Waals surface area contributed by atoms with E-state index in [0.717, 1.165) is 24.3 Å². The van der Waals surface area contributed by atoms with E-state index in [-0.39, 0.29) is 32.2 Å². The van der Waals surface area contributed by atoms with Gasteiger partial charge in [-0.3, -0.25) is 17.6 Å². The molecule has 0 aliphatic carbocycles. The zero-order valence-corrected chi connectivity index (χ0v) is 19.3. The standard InChI is InChI=1S/C25H16F4N2.Pt/c1-25(2,23-7-3-5-21(30-23)17-11-9-15(26)13-19(17)28)24-8-4-6-22(31-24)18-12-10-16(27)14-20(18)29;/h3-10,13-14H,1-2H3;/q-2;+2. The third kappa shape index (κ3) is 4.65. The molecule has 0 saturated carbocycles. The van der Waals surface area contributed by atoms with Gasteiger partial charge in [0, 0.05) is 40.1 Å². The van der Waals surface area contributed by atoms with Crippen molar-refractivity contribution in [3.05, 3.63) is 107 Å². The number of rotatable bonds is 4. The predicted molar refractivity (Wildman–Crippen MR) is 109 cm³/mol. The zero-order valence-electron chi connectivity index (χ0n) is 17.0. The topological polar surface area (TPSA) is 25.8 Å². The predicted octanol–water partition coefficient (Wildman–Crippen LogP) is 6.29. The van der Waals surface area contributed by atoms with Crippen LogP contribution in [0.5, 0.6) is 0 Å². The molecule has 0 amide bonds. The molecule has 164 valence electrons. The Hall–Kier alpha value is -2.85. The normalized spacial score (nSPS) is 11.2. The largest absolute Gasteiger partial charge is 2.00 e. The first-order chi connectivity index (χ1) is 14.8. The number of pyridine rings is 2. The third-order valence-electron chi connectivity index (χ3n) is 5.01. The minimum atomic E-state index is -0.759. The monoisotopic (exact) mass is 615 g/mol. The second kappa shape index (κ2) is 9.33. The third-order valence-corrected chi connectivity index (χ3v) is 5.01. The molecule has 2 aromatic carbocycles. The van der Waals surface area contributed by atoms with Gasteiger partial charge in [-0.25, -0.2) is 0 Å². The smallest absolute Gasteiger partial charge is 0.300 e. The average molecular weight is 615 g/mol. The Morgan fingerprint density at radius 3 is 1.47 bits per heavy atom. The summed E-state index contributed by atoms with van der Waals surface area (Å²) in [5.74, 6) is -2.96. The molecule has 0 saturated heterocycles. The van der Waals surface area contributed by atoms with Crippen LogP contribution >= 0.6 is 0 Å². The van der Waals surface area contributed by atoms with Crippen molar-refractivity contribution >= 4 is 0 Å². The van der Waals surface area contributed by atoms with Crippen LogP contribution in [0.3, 0.4) is 0 Å². The molecule has 32 heavy (non-hydrogen) atoms. The summed E-state index contributed by atoms with van der Waals surface area (Å²) in [4.78, 5) is 9.10. The summed E-state index contributed by atoms with van der Waals surface area (Å²) in [6, 6.07) is 19.0. The van der Waals surface area contributed by atoms with Gasteiger partial charge < -0.3 is 9.97 Å². The van der Waals surface area contributed by atoms with Gasteiger partial charge in [0.15, 0.2) is 0 Å². The van der Waals surface area contributed by atoms with Crippen molar-refractivity contribution in [2.75, 3.05) is 0 Å². The molecule has 0 aliphatic heterocycles. The van der Waals surface area contributed by atoms with E-state index in [4.69, 9.17) is 0 Å². The van der Waals surface area contributed by atoms with Gasteiger partial charge in [-0.15, -0.1) is 24.3 Å². The molecule has 4 aromatic rings. The molecule has 0 aliphatic rings. The molecule has 2 nitrogen and oxygen atoms in total. The first kappa shape index (κ1) is 23.8. The van der Waals surface area contributed by atoms with E-state index in [1.54, 1.807) is 36.4 Å². The van der Waals surface area contributed by atoms with Crippen molar-refractivity contribution in [1.29, 1.82) is 0 Å². The molecule has 7 heteroatoms. The van der Waals surface area contributed by atoms with E-state index in [1.165, 1.54) is 0 Å². The van der Waals surface area contributed by atoms with Crippen molar-refractivity contribution in [3.8, 4) is 22.5 Å². The second-order valence-corrected chi connectivity index (χ2v) is 7.52. The van der Waals surface area contributed by atoms with Crippen molar-refractivity contribution in [2.24, 2.45) is 0 Å². The number of nitrogens with zero attached hydrogens (tertiary/aromatic N) is 2. The molecular weight excluding hydrogens is 599 g/mol. The molecule has 2 heterocycles. The van der Waals surface area contributed by atoms with Crippen LogP contribution in [0, 0.1) is 35.4 Å². The van der Waals surface area contributed by atoms with Crippen molar-refractivity contribution in [1.82, 2.24) is 9.97 Å². The Bertz CT molecular complexity index is 1180. The van der Waals surface area contributed by atoms with Crippen LogP contribution in [0.15, 0.2) is 60.7 Å². The van der Waals surface area contributed by atoms with E-state index >= 15 is 0 Å². The molecule has 0 N–H and O–H groups in total. The van der Waals surface area contributed by atoms with Gasteiger partial charge in [-0.05, 0) is 37.4 Å². The number of aromatic nitrogens is 2. The summed E-state index contributed by atoms with van der Waals surface area (Å²) in [7, 11) is 0. The number of hydrogen-bond acceptors (Lipinski definition) is 2. The Morgan fingerprint density at radius 2 is 1.09 bits per heavy atom. The molecule has 0 bridgehead atoms. The Morgan fingerprint density at radius 1 is 0.688 bits per heavy atom. The quantitative estimate of drug-likeness (QED) is 0.199. The van der Waals surface area contributed by atoms with Crippen LogP contribution in [-0.4, -0.2) is 9.97 Å². The van der Waals surface area contributed by atoms with Crippen LogP contribution in [0.4, 0.5) is 17.6 Å². The number of hydrogen-bond donors (Lipinski definition) is 0. The maximum absolute atomic E-state index is 14.2. The van der Waals surface area contributed by atoms with Gasteiger partial charge in [0.2, 0.25) is 0 Å². The van der Waals surface area contributed by atoms with E-state index in [1.807, 2.05) is 13.8 Å². The first-order valence-electron chi connectivity index (χ1n) is 9.45. The van der Waals surface area contributed by atoms with E-state index < -0.39 is 28.7 Å². The van der Waals surface area contributed by atoms with Gasteiger partial charge in [0.05, 0.1) is 0 Å². The SMILES string of the molecule is CC(C)(c1cccc(-c2[c-]cc(F)cc2F)n1)c1cccc(-c2[c-]cc(F)cc2F)n1.[Pt+2]. The Kier molecular flexibility index (Phi) is 6.94. The van der Waals surface area contributed by atoms with Crippen molar-refractivity contribution in [2.45, 2.75) is 19.3 Å². The number of halogens is 4. The van der Waals surface area contributed by atoms with Gasteiger partial charge in [-0.1, -0.05) is 47.5 Å². The van der Waals surface area contributed by atoms with Crippen LogP contribution < -0.4 is 0 Å². The van der Waals surface area contributed by atoms with Crippen molar-refractivity contribution < 1.29 is 38.6 Å². The summed E-state index contributed by atoms with van der Waals surface area (Å²) in [5, 5.41) is 0. The summed E-state index contributed by atoms with van der Waals surface area (Å²) in [6.45, 7) is 3.75. The van der Waals surface area contributed by atoms with Gasteiger partial charge in [0.25, 0.3) is 0 Å². The molecule has 0 radical (unpaired) electrons. The van der Waals surface area contributed by atoms with Crippen molar-refractivity contribution in [3.63, 3.8) is 0 Å². The summed E-state index contributed by atoms with van der Waals surface area (Å²) in [6.07, 6.45) is 0. The zero-order chi connectivity index (χ0) is 22.2.